The van der Waals surface area contributed by atoms with Crippen molar-refractivity contribution in [3.8, 4) is 0 Å². The molecule has 0 aromatic carbocycles. The molecule has 5 nitrogen and oxygen atoms in total. The second-order valence-corrected chi connectivity index (χ2v) is 4.33. The Morgan fingerprint density at radius 3 is 3.07 bits per heavy atom. The molecule has 0 atom stereocenters. The van der Waals surface area contributed by atoms with Crippen molar-refractivity contribution in [1.82, 2.24) is 14.6 Å². The molecule has 3 rings (SSSR count). The zero-order valence-corrected chi connectivity index (χ0v) is 8.04. The Bertz CT molecular complexity index is 528. The van der Waals surface area contributed by atoms with Crippen LogP contribution in [0, 0.1) is 0 Å². The van der Waals surface area contributed by atoms with Gasteiger partial charge in [0.1, 0.15) is 0 Å². The number of hydrogen-bond donors (Lipinski definition) is 1. The van der Waals surface area contributed by atoms with Crippen molar-refractivity contribution in [2.75, 3.05) is 0 Å². The summed E-state index contributed by atoms with van der Waals surface area (Å²) in [5, 5.41) is 16.4. The zero-order chi connectivity index (χ0) is 9.71. The lowest BCUT2D eigenvalue weighted by molar-refractivity contribution is 0.0682. The van der Waals surface area contributed by atoms with Gasteiger partial charge < -0.3 is 5.11 Å². The van der Waals surface area contributed by atoms with E-state index < -0.39 is 5.97 Å². The van der Waals surface area contributed by atoms with Gasteiger partial charge in [0.2, 0.25) is 10.8 Å². The number of aryl methyl sites for hydroxylation is 2. The monoisotopic (exact) mass is 209 g/mol. The minimum absolute atomic E-state index is 0.0411. The summed E-state index contributed by atoms with van der Waals surface area (Å²) in [5.41, 5.74) is 1.09. The van der Waals surface area contributed by atoms with E-state index in [1.807, 2.05) is 0 Å². The second kappa shape index (κ2) is 2.54. The van der Waals surface area contributed by atoms with Crippen molar-refractivity contribution in [2.24, 2.45) is 0 Å². The van der Waals surface area contributed by atoms with Crippen LogP contribution in [0.15, 0.2) is 0 Å². The first kappa shape index (κ1) is 7.93. The van der Waals surface area contributed by atoms with Crippen molar-refractivity contribution in [3.63, 3.8) is 0 Å². The maximum absolute atomic E-state index is 10.9. The molecule has 0 saturated carbocycles. The maximum Gasteiger partial charge on any atom is 0.374 e. The first-order valence-electron chi connectivity index (χ1n) is 4.36. The highest BCUT2D eigenvalue weighted by atomic mass is 32.1. The lowest BCUT2D eigenvalue weighted by Crippen LogP contribution is -2.05. The number of nitrogens with zero attached hydrogens (tertiary/aromatic N) is 3. The van der Waals surface area contributed by atoms with Gasteiger partial charge in [0.15, 0.2) is 0 Å². The first-order chi connectivity index (χ1) is 6.77. The van der Waals surface area contributed by atoms with Crippen molar-refractivity contribution in [2.45, 2.75) is 19.3 Å². The smallest absolute Gasteiger partial charge is 0.374 e. The van der Waals surface area contributed by atoms with E-state index in [1.54, 1.807) is 15.7 Å². The summed E-state index contributed by atoms with van der Waals surface area (Å²) in [5.74, 6) is -0.968. The molecule has 1 N–H and O–H groups in total. The summed E-state index contributed by atoms with van der Waals surface area (Å²) in [7, 11) is 0. The van der Waals surface area contributed by atoms with E-state index in [1.165, 1.54) is 4.88 Å². The second-order valence-electron chi connectivity index (χ2n) is 3.27. The van der Waals surface area contributed by atoms with Crippen LogP contribution in [0.5, 0.6) is 0 Å². The van der Waals surface area contributed by atoms with Gasteiger partial charge in [-0.15, -0.1) is 10.2 Å². The Morgan fingerprint density at radius 2 is 2.29 bits per heavy atom. The number of rotatable bonds is 1. The standard InChI is InChI=1S/C8H7N3O2S/c12-7(13)6-9-10-8-11(6)4-2-1-3-5(4)14-8/h1-3H2,(H,12,13). The Labute approximate surface area is 83.0 Å². The van der Waals surface area contributed by atoms with Crippen LogP contribution in [0.3, 0.4) is 0 Å². The quantitative estimate of drug-likeness (QED) is 0.760. The number of aromatic carboxylic acids is 1. The van der Waals surface area contributed by atoms with Crippen molar-refractivity contribution in [1.29, 1.82) is 0 Å². The average Bonchev–Trinajstić information content (AvgIpc) is 2.70. The molecule has 1 aliphatic rings. The molecule has 1 aliphatic carbocycles. The molecule has 0 unspecified atom stereocenters. The van der Waals surface area contributed by atoms with Gasteiger partial charge in [0, 0.05) is 10.6 Å². The molecule has 0 aliphatic heterocycles. The Morgan fingerprint density at radius 1 is 1.43 bits per heavy atom. The number of hydrogen-bond acceptors (Lipinski definition) is 4. The molecule has 0 amide bonds. The molecule has 2 aromatic heterocycles. The molecule has 2 aromatic rings. The third-order valence-electron chi connectivity index (χ3n) is 2.45. The third-order valence-corrected chi connectivity index (χ3v) is 3.58. The molecule has 72 valence electrons. The highest BCUT2D eigenvalue weighted by Gasteiger charge is 2.23. The molecular weight excluding hydrogens is 202 g/mol. The zero-order valence-electron chi connectivity index (χ0n) is 7.23. The SMILES string of the molecule is O=C(O)c1nnc2sc3c(n12)CCC3. The van der Waals surface area contributed by atoms with Crippen molar-refractivity contribution >= 4 is 22.3 Å². The Balaban J connectivity index is 2.37. The normalized spacial score (nSPS) is 14.9. The van der Waals surface area contributed by atoms with Gasteiger partial charge in [0.25, 0.3) is 0 Å². The fraction of sp³-hybridized carbons (Fsp3) is 0.375. The van der Waals surface area contributed by atoms with Gasteiger partial charge in [-0.1, -0.05) is 11.3 Å². The van der Waals surface area contributed by atoms with Crippen LogP contribution in [-0.2, 0) is 12.8 Å². The number of carboxylic acid groups (broad SMARTS) is 1. The lowest BCUT2D eigenvalue weighted by atomic mass is 10.3. The summed E-state index contributed by atoms with van der Waals surface area (Å²) in [4.78, 5) is 12.8. The predicted octanol–water partition coefficient (Wildman–Crippen LogP) is 0.978. The average molecular weight is 209 g/mol. The number of thiazole rings is 1. The van der Waals surface area contributed by atoms with Crippen LogP contribution < -0.4 is 0 Å². The molecule has 0 spiro atoms. The van der Waals surface area contributed by atoms with E-state index in [-0.39, 0.29) is 5.82 Å². The summed E-state index contributed by atoms with van der Waals surface area (Å²) in [6, 6.07) is 0. The fourth-order valence-electron chi connectivity index (χ4n) is 1.87. The number of aromatic nitrogens is 3. The maximum atomic E-state index is 10.9. The number of carbonyl (C=O) groups is 1. The van der Waals surface area contributed by atoms with Crippen molar-refractivity contribution < 1.29 is 9.90 Å². The number of fused-ring (bicyclic) bond motifs is 3. The molecule has 2 heterocycles. The highest BCUT2D eigenvalue weighted by molar-refractivity contribution is 7.17. The van der Waals surface area contributed by atoms with Crippen LogP contribution >= 0.6 is 11.3 Å². The largest absolute Gasteiger partial charge is 0.475 e. The van der Waals surface area contributed by atoms with Gasteiger partial charge in [-0.25, -0.2) is 4.79 Å². The van der Waals surface area contributed by atoms with Crippen LogP contribution in [0.25, 0.3) is 4.96 Å². The molecule has 0 bridgehead atoms. The van der Waals surface area contributed by atoms with E-state index in [0.29, 0.717) is 4.96 Å². The predicted molar refractivity (Wildman–Crippen MR) is 49.8 cm³/mol. The Hall–Kier alpha value is -1.43. The minimum Gasteiger partial charge on any atom is -0.475 e. The number of carboxylic acids is 1. The lowest BCUT2D eigenvalue weighted by Gasteiger charge is -1.93. The summed E-state index contributed by atoms with van der Waals surface area (Å²) in [6.45, 7) is 0. The summed E-state index contributed by atoms with van der Waals surface area (Å²) in [6.07, 6.45) is 3.09. The molecule has 14 heavy (non-hydrogen) atoms. The van der Waals surface area contributed by atoms with E-state index in [4.69, 9.17) is 5.11 Å². The summed E-state index contributed by atoms with van der Waals surface area (Å²) < 4.78 is 1.68. The van der Waals surface area contributed by atoms with Crippen LogP contribution in [-0.4, -0.2) is 25.7 Å². The molecule has 0 fully saturated rings. The van der Waals surface area contributed by atoms with E-state index in [2.05, 4.69) is 10.2 Å². The van der Waals surface area contributed by atoms with Crippen LogP contribution in [0.2, 0.25) is 0 Å². The third kappa shape index (κ3) is 0.859. The van der Waals surface area contributed by atoms with Crippen LogP contribution in [0.4, 0.5) is 0 Å². The Kier molecular flexibility index (Phi) is 1.44. The molecule has 6 heteroatoms. The van der Waals surface area contributed by atoms with Gasteiger partial charge in [0.05, 0.1) is 0 Å². The molecule has 0 saturated heterocycles. The van der Waals surface area contributed by atoms with Gasteiger partial charge in [-0.3, -0.25) is 4.40 Å². The first-order valence-corrected chi connectivity index (χ1v) is 5.18. The summed E-state index contributed by atoms with van der Waals surface area (Å²) >= 11 is 1.55. The van der Waals surface area contributed by atoms with Gasteiger partial charge >= 0.3 is 5.97 Å². The molecule has 0 radical (unpaired) electrons. The minimum atomic E-state index is -1.01. The van der Waals surface area contributed by atoms with Crippen LogP contribution in [0.1, 0.15) is 27.6 Å². The van der Waals surface area contributed by atoms with Crippen molar-refractivity contribution in [3.05, 3.63) is 16.4 Å². The highest BCUT2D eigenvalue weighted by Crippen LogP contribution is 2.30. The van der Waals surface area contributed by atoms with Gasteiger partial charge in [-0.05, 0) is 19.3 Å². The van der Waals surface area contributed by atoms with E-state index in [9.17, 15) is 4.79 Å². The fourth-order valence-corrected chi connectivity index (χ4v) is 3.02. The molecular formula is C8H7N3O2S. The topological polar surface area (TPSA) is 67.5 Å². The van der Waals surface area contributed by atoms with Gasteiger partial charge in [-0.2, -0.15) is 0 Å². The van der Waals surface area contributed by atoms with E-state index in [0.717, 1.165) is 25.0 Å². The van der Waals surface area contributed by atoms with E-state index >= 15 is 0 Å².